The Kier molecular flexibility index (Phi) is 7.39. The highest BCUT2D eigenvalue weighted by atomic mass is 16.2. The Labute approximate surface area is 126 Å². The molecule has 0 saturated carbocycles. The van der Waals surface area contributed by atoms with Crippen LogP contribution < -0.4 is 4.90 Å². The second-order valence-electron chi connectivity index (χ2n) is 4.70. The van der Waals surface area contributed by atoms with E-state index in [-0.39, 0.29) is 5.91 Å². The molecule has 5 nitrogen and oxygen atoms in total. The van der Waals surface area contributed by atoms with Gasteiger partial charge in [-0.1, -0.05) is 18.2 Å². The molecule has 0 unspecified atom stereocenters. The third-order valence-corrected chi connectivity index (χ3v) is 3.20. The summed E-state index contributed by atoms with van der Waals surface area (Å²) in [6.07, 6.45) is 1.15. The monoisotopic (exact) mass is 284 g/mol. The van der Waals surface area contributed by atoms with E-state index in [0.717, 1.165) is 5.69 Å². The molecule has 0 aliphatic carbocycles. The summed E-state index contributed by atoms with van der Waals surface area (Å²) in [7, 11) is 1.71. The minimum Gasteiger partial charge on any atom is -0.370 e. The van der Waals surface area contributed by atoms with E-state index >= 15 is 0 Å². The minimum absolute atomic E-state index is 0.0168. The molecule has 1 aromatic rings. The molecular formula is C16H20N4O. The van der Waals surface area contributed by atoms with Crippen LogP contribution in [0.1, 0.15) is 19.3 Å². The molecule has 0 bridgehead atoms. The van der Waals surface area contributed by atoms with Crippen molar-refractivity contribution in [2.45, 2.75) is 19.3 Å². The average molecular weight is 284 g/mol. The molecule has 0 aromatic heterocycles. The van der Waals surface area contributed by atoms with Crippen LogP contribution in [0.25, 0.3) is 0 Å². The fourth-order valence-corrected chi connectivity index (χ4v) is 1.96. The van der Waals surface area contributed by atoms with Crippen LogP contribution >= 0.6 is 0 Å². The minimum atomic E-state index is 0.0168. The molecule has 0 N–H and O–H groups in total. The Hall–Kier alpha value is -2.53. The molecule has 110 valence electrons. The number of nitrogens with zero attached hydrogens (tertiary/aromatic N) is 4. The predicted molar refractivity (Wildman–Crippen MR) is 81.4 cm³/mol. The molecule has 0 heterocycles. The van der Waals surface area contributed by atoms with Gasteiger partial charge in [0, 0.05) is 38.8 Å². The zero-order valence-corrected chi connectivity index (χ0v) is 12.3. The number of hydrogen-bond donors (Lipinski definition) is 0. The largest absolute Gasteiger partial charge is 0.370 e. The topological polar surface area (TPSA) is 71.1 Å². The van der Waals surface area contributed by atoms with Gasteiger partial charge in [-0.05, 0) is 12.1 Å². The van der Waals surface area contributed by atoms with Gasteiger partial charge in [-0.25, -0.2) is 0 Å². The lowest BCUT2D eigenvalue weighted by Gasteiger charge is -2.25. The highest BCUT2D eigenvalue weighted by molar-refractivity contribution is 5.76. The first kappa shape index (κ1) is 16.5. The highest BCUT2D eigenvalue weighted by Crippen LogP contribution is 2.14. The third kappa shape index (κ3) is 5.97. The molecule has 21 heavy (non-hydrogen) atoms. The van der Waals surface area contributed by atoms with Gasteiger partial charge >= 0.3 is 0 Å². The summed E-state index contributed by atoms with van der Waals surface area (Å²) >= 11 is 0. The van der Waals surface area contributed by atoms with Gasteiger partial charge in [0.25, 0.3) is 0 Å². The van der Waals surface area contributed by atoms with Crippen LogP contribution in [0.5, 0.6) is 0 Å². The number of hydrogen-bond acceptors (Lipinski definition) is 4. The maximum Gasteiger partial charge on any atom is 0.224 e. The molecule has 0 radical (unpaired) electrons. The first-order valence-electron chi connectivity index (χ1n) is 6.97. The summed E-state index contributed by atoms with van der Waals surface area (Å²) in [5, 5.41) is 17.3. The van der Waals surface area contributed by atoms with Crippen LogP contribution in [0.3, 0.4) is 0 Å². The quantitative estimate of drug-likeness (QED) is 0.733. The first-order chi connectivity index (χ1) is 10.2. The number of benzene rings is 1. The second kappa shape index (κ2) is 9.39. The zero-order valence-electron chi connectivity index (χ0n) is 12.3. The van der Waals surface area contributed by atoms with Crippen LogP contribution in [0.15, 0.2) is 30.3 Å². The summed E-state index contributed by atoms with van der Waals surface area (Å²) in [5.74, 6) is 0.0168. The van der Waals surface area contributed by atoms with Crippen LogP contribution in [0, 0.1) is 22.7 Å². The van der Waals surface area contributed by atoms with Gasteiger partial charge in [0.15, 0.2) is 0 Å². The third-order valence-electron chi connectivity index (χ3n) is 3.20. The lowest BCUT2D eigenvalue weighted by Crippen LogP contribution is -2.33. The van der Waals surface area contributed by atoms with Crippen LogP contribution in [-0.2, 0) is 4.79 Å². The predicted octanol–water partition coefficient (Wildman–Crippen LogP) is 2.17. The lowest BCUT2D eigenvalue weighted by atomic mass is 10.2. The Morgan fingerprint density at radius 3 is 2.29 bits per heavy atom. The van der Waals surface area contributed by atoms with Crippen molar-refractivity contribution in [2.24, 2.45) is 0 Å². The van der Waals surface area contributed by atoms with Crippen molar-refractivity contribution in [3.05, 3.63) is 30.3 Å². The molecule has 0 fully saturated rings. The maximum absolute atomic E-state index is 12.0. The fraction of sp³-hybridized carbons (Fsp3) is 0.438. The fourth-order valence-electron chi connectivity index (χ4n) is 1.96. The van der Waals surface area contributed by atoms with E-state index in [1.54, 1.807) is 11.9 Å². The molecule has 0 aliphatic heterocycles. The number of carbonyl (C=O) groups is 1. The molecule has 0 saturated heterocycles. The number of amides is 1. The molecule has 0 aliphatic rings. The molecule has 1 rings (SSSR count). The summed E-state index contributed by atoms with van der Waals surface area (Å²) in [5.41, 5.74) is 1.01. The van der Waals surface area contributed by atoms with Crippen LogP contribution in [-0.4, -0.2) is 37.5 Å². The van der Waals surface area contributed by atoms with Crippen LogP contribution in [0.2, 0.25) is 0 Å². The van der Waals surface area contributed by atoms with E-state index < -0.39 is 0 Å². The molecule has 1 aromatic carbocycles. The molecule has 1 amide bonds. The van der Waals surface area contributed by atoms with Gasteiger partial charge < -0.3 is 9.80 Å². The van der Waals surface area contributed by atoms with E-state index in [1.165, 1.54) is 0 Å². The second-order valence-corrected chi connectivity index (χ2v) is 4.70. The lowest BCUT2D eigenvalue weighted by molar-refractivity contribution is -0.129. The summed E-state index contributed by atoms with van der Waals surface area (Å²) < 4.78 is 0. The van der Waals surface area contributed by atoms with E-state index in [0.29, 0.717) is 38.9 Å². The number of nitriles is 2. The van der Waals surface area contributed by atoms with Crippen molar-refractivity contribution in [1.82, 2.24) is 4.90 Å². The van der Waals surface area contributed by atoms with Gasteiger partial charge in [-0.2, -0.15) is 10.5 Å². The highest BCUT2D eigenvalue weighted by Gasteiger charge is 2.12. The van der Waals surface area contributed by atoms with Gasteiger partial charge in [-0.15, -0.1) is 0 Å². The average Bonchev–Trinajstić information content (AvgIpc) is 2.53. The standard InChI is InChI=1S/C16H20N4O/c1-19(12-5-10-17)16(21)9-14-20(13-6-11-18)15-7-3-2-4-8-15/h2-4,7-8H,5-6,9,12-14H2,1H3. The number of anilines is 1. The number of carbonyl (C=O) groups excluding carboxylic acids is 1. The summed E-state index contributed by atoms with van der Waals surface area (Å²) in [4.78, 5) is 15.6. The Bertz CT molecular complexity index is 515. The first-order valence-corrected chi connectivity index (χ1v) is 6.97. The van der Waals surface area contributed by atoms with Crippen molar-refractivity contribution in [2.75, 3.05) is 31.6 Å². The van der Waals surface area contributed by atoms with E-state index in [4.69, 9.17) is 10.5 Å². The Balaban J connectivity index is 2.56. The van der Waals surface area contributed by atoms with Gasteiger partial charge in [-0.3, -0.25) is 4.79 Å². The molecule has 5 heteroatoms. The van der Waals surface area contributed by atoms with Crippen molar-refractivity contribution < 1.29 is 4.79 Å². The molecule has 0 spiro atoms. The summed E-state index contributed by atoms with van der Waals surface area (Å²) in [6, 6.07) is 13.9. The van der Waals surface area contributed by atoms with Gasteiger partial charge in [0.1, 0.15) is 0 Å². The number of rotatable bonds is 8. The van der Waals surface area contributed by atoms with Crippen molar-refractivity contribution in [3.63, 3.8) is 0 Å². The smallest absolute Gasteiger partial charge is 0.224 e. The van der Waals surface area contributed by atoms with E-state index in [1.807, 2.05) is 41.3 Å². The summed E-state index contributed by atoms with van der Waals surface area (Å²) in [6.45, 7) is 1.63. The normalized spacial score (nSPS) is 9.48. The van der Waals surface area contributed by atoms with Crippen molar-refractivity contribution >= 4 is 11.6 Å². The van der Waals surface area contributed by atoms with Crippen molar-refractivity contribution in [1.29, 1.82) is 10.5 Å². The van der Waals surface area contributed by atoms with Crippen LogP contribution in [0.4, 0.5) is 5.69 Å². The Morgan fingerprint density at radius 2 is 1.67 bits per heavy atom. The molecular weight excluding hydrogens is 264 g/mol. The number of para-hydroxylation sites is 1. The SMILES string of the molecule is CN(CCC#N)C(=O)CCN(CCC#N)c1ccccc1. The maximum atomic E-state index is 12.0. The van der Waals surface area contributed by atoms with Gasteiger partial charge in [0.2, 0.25) is 5.91 Å². The van der Waals surface area contributed by atoms with Crippen molar-refractivity contribution in [3.8, 4) is 12.1 Å². The molecule has 0 atom stereocenters. The van der Waals surface area contributed by atoms with E-state index in [2.05, 4.69) is 6.07 Å². The van der Waals surface area contributed by atoms with E-state index in [9.17, 15) is 4.79 Å². The van der Waals surface area contributed by atoms with Gasteiger partial charge in [0.05, 0.1) is 25.0 Å². The Morgan fingerprint density at radius 1 is 1.05 bits per heavy atom. The zero-order chi connectivity index (χ0) is 15.5.